The zero-order chi connectivity index (χ0) is 11.3. The van der Waals surface area contributed by atoms with Crippen molar-refractivity contribution >= 4 is 21.2 Å². The molecule has 0 radical (unpaired) electrons. The van der Waals surface area contributed by atoms with Gasteiger partial charge in [-0.1, -0.05) is 13.8 Å². The van der Waals surface area contributed by atoms with Crippen LogP contribution in [0.5, 0.6) is 0 Å². The second-order valence-electron chi connectivity index (χ2n) is 3.31. The maximum Gasteiger partial charge on any atom is 0.187 e. The first-order valence-corrected chi connectivity index (χ1v) is 7.64. The predicted molar refractivity (Wildman–Crippen MR) is 64.0 cm³/mol. The Morgan fingerprint density at radius 2 is 2.13 bits per heavy atom. The Morgan fingerprint density at radius 3 is 2.73 bits per heavy atom. The molecule has 0 amide bonds. The molecule has 86 valence electrons. The molecule has 15 heavy (non-hydrogen) atoms. The number of hydrogen-bond acceptors (Lipinski definition) is 4. The second kappa shape index (κ2) is 5.63. The average Bonchev–Trinajstić information content (AvgIpc) is 2.67. The van der Waals surface area contributed by atoms with Gasteiger partial charge >= 0.3 is 0 Å². The summed E-state index contributed by atoms with van der Waals surface area (Å²) in [6, 6.07) is 1.88. The minimum atomic E-state index is -3.04. The van der Waals surface area contributed by atoms with Crippen LogP contribution in [0, 0.1) is 0 Å². The van der Waals surface area contributed by atoms with Gasteiger partial charge in [-0.3, -0.25) is 0 Å². The van der Waals surface area contributed by atoms with E-state index in [4.69, 9.17) is 0 Å². The summed E-state index contributed by atoms with van der Waals surface area (Å²) in [5.41, 5.74) is 0.898. The summed E-state index contributed by atoms with van der Waals surface area (Å²) in [4.78, 5) is 0. The molecule has 5 heteroatoms. The van der Waals surface area contributed by atoms with Crippen LogP contribution in [0.15, 0.2) is 15.7 Å². The van der Waals surface area contributed by atoms with Crippen LogP contribution in [0.1, 0.15) is 25.8 Å². The largest absolute Gasteiger partial charge is 0.313 e. The lowest BCUT2D eigenvalue weighted by Crippen LogP contribution is -2.15. The number of rotatable bonds is 6. The fraction of sp³-hybridized carbons (Fsp3) is 0.600. The summed E-state index contributed by atoms with van der Waals surface area (Å²) in [7, 11) is -3.04. The monoisotopic (exact) mass is 247 g/mol. The van der Waals surface area contributed by atoms with Gasteiger partial charge in [-0.25, -0.2) is 8.42 Å². The molecule has 1 heterocycles. The van der Waals surface area contributed by atoms with Crippen LogP contribution in [0.3, 0.4) is 0 Å². The minimum Gasteiger partial charge on any atom is -0.313 e. The van der Waals surface area contributed by atoms with Gasteiger partial charge in [-0.05, 0) is 30.0 Å². The summed E-state index contributed by atoms with van der Waals surface area (Å²) < 4.78 is 23.9. The first kappa shape index (κ1) is 12.7. The Hall–Kier alpha value is -0.390. The van der Waals surface area contributed by atoms with Gasteiger partial charge in [0, 0.05) is 6.54 Å². The van der Waals surface area contributed by atoms with E-state index >= 15 is 0 Å². The Kier molecular flexibility index (Phi) is 4.76. The molecule has 0 spiro atoms. The van der Waals surface area contributed by atoms with Crippen molar-refractivity contribution in [3.8, 4) is 0 Å². The molecule has 0 aliphatic rings. The molecule has 0 atom stereocenters. The van der Waals surface area contributed by atoms with E-state index in [0.717, 1.165) is 18.5 Å². The predicted octanol–water partition coefficient (Wildman–Crippen LogP) is 2.04. The second-order valence-corrected chi connectivity index (χ2v) is 6.70. The van der Waals surface area contributed by atoms with Crippen LogP contribution in [-0.2, 0) is 16.4 Å². The summed E-state index contributed by atoms with van der Waals surface area (Å²) in [5, 5.41) is 5.06. The molecule has 1 aromatic rings. The van der Waals surface area contributed by atoms with Crippen LogP contribution >= 0.6 is 11.3 Å². The Bertz CT molecular complexity index is 395. The molecule has 1 rings (SSSR count). The molecule has 0 bridgehead atoms. The lowest BCUT2D eigenvalue weighted by molar-refractivity contribution is 0.596. The Balaban J connectivity index is 2.78. The molecule has 0 fully saturated rings. The van der Waals surface area contributed by atoms with Crippen molar-refractivity contribution in [3.05, 3.63) is 17.0 Å². The summed E-state index contributed by atoms with van der Waals surface area (Å²) >= 11 is 1.31. The normalized spacial score (nSPS) is 11.9. The zero-order valence-electron chi connectivity index (χ0n) is 9.12. The van der Waals surface area contributed by atoms with Gasteiger partial charge in [-0.15, -0.1) is 11.3 Å². The lowest BCUT2D eigenvalue weighted by atomic mass is 10.3. The quantitative estimate of drug-likeness (QED) is 0.783. The van der Waals surface area contributed by atoms with Crippen molar-refractivity contribution in [2.24, 2.45) is 0 Å². The van der Waals surface area contributed by atoms with Crippen molar-refractivity contribution in [3.63, 3.8) is 0 Å². The summed E-state index contributed by atoms with van der Waals surface area (Å²) in [6.45, 7) is 5.33. The maximum absolute atomic E-state index is 11.7. The van der Waals surface area contributed by atoms with Gasteiger partial charge in [0.05, 0.1) is 5.75 Å². The fourth-order valence-electron chi connectivity index (χ4n) is 1.26. The minimum absolute atomic E-state index is 0.175. The van der Waals surface area contributed by atoms with Crippen LogP contribution in [0.25, 0.3) is 0 Å². The van der Waals surface area contributed by atoms with Gasteiger partial charge in [0.25, 0.3) is 0 Å². The van der Waals surface area contributed by atoms with E-state index in [9.17, 15) is 8.42 Å². The van der Waals surface area contributed by atoms with Crippen molar-refractivity contribution in [2.45, 2.75) is 31.0 Å². The highest BCUT2D eigenvalue weighted by atomic mass is 32.2. The van der Waals surface area contributed by atoms with E-state index in [1.54, 1.807) is 6.92 Å². The molecule has 0 saturated heterocycles. The molecular weight excluding hydrogens is 230 g/mol. The molecule has 3 nitrogen and oxygen atoms in total. The van der Waals surface area contributed by atoms with E-state index in [0.29, 0.717) is 10.8 Å². The van der Waals surface area contributed by atoms with E-state index in [1.807, 2.05) is 11.4 Å². The molecule has 0 aliphatic heterocycles. The van der Waals surface area contributed by atoms with Crippen molar-refractivity contribution < 1.29 is 8.42 Å². The molecule has 1 aromatic heterocycles. The number of nitrogens with one attached hydrogen (secondary N) is 1. The third-order valence-corrected chi connectivity index (χ3v) is 5.50. The molecule has 0 saturated carbocycles. The number of sulfone groups is 1. The summed E-state index contributed by atoms with van der Waals surface area (Å²) in [6.07, 6.45) is 1.06. The molecule has 0 aromatic carbocycles. The fourth-order valence-corrected chi connectivity index (χ4v) is 3.81. The first-order valence-electron chi connectivity index (χ1n) is 5.11. The Morgan fingerprint density at radius 1 is 1.40 bits per heavy atom. The molecule has 0 unspecified atom stereocenters. The Labute approximate surface area is 95.4 Å². The van der Waals surface area contributed by atoms with Crippen molar-refractivity contribution in [1.82, 2.24) is 5.32 Å². The molecular formula is C10H17NO2S2. The number of hydrogen-bond donors (Lipinski definition) is 1. The van der Waals surface area contributed by atoms with Crippen LogP contribution in [0.2, 0.25) is 0 Å². The topological polar surface area (TPSA) is 46.2 Å². The van der Waals surface area contributed by atoms with Gasteiger partial charge in [0.2, 0.25) is 0 Å². The maximum atomic E-state index is 11.7. The third-order valence-electron chi connectivity index (χ3n) is 2.11. The highest BCUT2D eigenvalue weighted by Gasteiger charge is 2.17. The number of thiophene rings is 1. The van der Waals surface area contributed by atoms with Crippen LogP contribution in [0.4, 0.5) is 0 Å². The first-order chi connectivity index (χ1) is 7.11. The van der Waals surface area contributed by atoms with Gasteiger partial charge in [0.15, 0.2) is 9.84 Å². The van der Waals surface area contributed by atoms with Crippen molar-refractivity contribution in [2.75, 3.05) is 12.3 Å². The van der Waals surface area contributed by atoms with Gasteiger partial charge in [0.1, 0.15) is 4.21 Å². The third kappa shape index (κ3) is 3.29. The van der Waals surface area contributed by atoms with Crippen molar-refractivity contribution in [1.29, 1.82) is 0 Å². The van der Waals surface area contributed by atoms with E-state index < -0.39 is 9.84 Å². The SMILES string of the molecule is CCCNCc1ccsc1S(=O)(=O)CC. The van der Waals surface area contributed by atoms with Crippen LogP contribution in [-0.4, -0.2) is 20.7 Å². The molecule has 0 aliphatic carbocycles. The van der Waals surface area contributed by atoms with E-state index in [2.05, 4.69) is 12.2 Å². The standard InChI is InChI=1S/C10H17NO2S2/c1-3-6-11-8-9-5-7-14-10(9)15(12,13)4-2/h5,7,11H,3-4,6,8H2,1-2H3. The molecule has 1 N–H and O–H groups in total. The smallest absolute Gasteiger partial charge is 0.187 e. The van der Waals surface area contributed by atoms with Gasteiger partial charge in [-0.2, -0.15) is 0 Å². The summed E-state index contributed by atoms with van der Waals surface area (Å²) in [5.74, 6) is 0.175. The zero-order valence-corrected chi connectivity index (χ0v) is 10.7. The van der Waals surface area contributed by atoms with E-state index in [-0.39, 0.29) is 5.75 Å². The lowest BCUT2D eigenvalue weighted by Gasteiger charge is -2.04. The van der Waals surface area contributed by atoms with Gasteiger partial charge < -0.3 is 5.32 Å². The van der Waals surface area contributed by atoms with E-state index in [1.165, 1.54) is 11.3 Å². The highest BCUT2D eigenvalue weighted by molar-refractivity contribution is 7.93. The highest BCUT2D eigenvalue weighted by Crippen LogP contribution is 2.23. The van der Waals surface area contributed by atoms with Crippen LogP contribution < -0.4 is 5.32 Å². The average molecular weight is 247 g/mol.